The summed E-state index contributed by atoms with van der Waals surface area (Å²) < 4.78 is 30.8. The Hall–Kier alpha value is -0.750. The van der Waals surface area contributed by atoms with E-state index in [1.165, 1.54) is 6.07 Å². The molecule has 0 spiro atoms. The quantitative estimate of drug-likeness (QED) is 0.466. The first-order valence-corrected chi connectivity index (χ1v) is 6.50. The molecule has 0 unspecified atom stereocenters. The molecule has 3 nitrogen and oxygen atoms in total. The number of nitrogens with zero attached hydrogens (tertiary/aromatic N) is 1. The maximum atomic E-state index is 12.9. The van der Waals surface area contributed by atoms with Gasteiger partial charge in [0.1, 0.15) is 4.60 Å². The van der Waals surface area contributed by atoms with Crippen molar-refractivity contribution in [1.82, 2.24) is 4.98 Å². The van der Waals surface area contributed by atoms with Crippen LogP contribution in [0.15, 0.2) is 10.7 Å². The van der Waals surface area contributed by atoms with E-state index < -0.39 is 12.4 Å². The maximum Gasteiger partial charge on any atom is 0.311 e. The smallest absolute Gasteiger partial charge is 0.311 e. The molecule has 1 heterocycles. The summed E-state index contributed by atoms with van der Waals surface area (Å²) in [6.45, 7) is 1.84. The zero-order valence-corrected chi connectivity index (χ0v) is 11.9. The normalized spacial score (nSPS) is 10.8. The molecule has 0 bridgehead atoms. The Morgan fingerprint density at radius 1 is 1.61 bits per heavy atom. The van der Waals surface area contributed by atoms with Crippen LogP contribution in [-0.4, -0.2) is 17.6 Å². The Morgan fingerprint density at radius 3 is 2.78 bits per heavy atom. The lowest BCUT2D eigenvalue weighted by Gasteiger charge is -2.10. The molecule has 1 rings (SSSR count). The highest BCUT2D eigenvalue weighted by molar-refractivity contribution is 9.10. The summed E-state index contributed by atoms with van der Waals surface area (Å²) in [5.41, 5.74) is 0.172. The summed E-state index contributed by atoms with van der Waals surface area (Å²) in [5.74, 6) is -0.523. The summed E-state index contributed by atoms with van der Waals surface area (Å²) in [6, 6.07) is 1.25. The summed E-state index contributed by atoms with van der Waals surface area (Å²) >= 11 is 8.74. The summed E-state index contributed by atoms with van der Waals surface area (Å²) in [7, 11) is 0. The molecule has 0 aliphatic rings. The zero-order valence-electron chi connectivity index (χ0n) is 9.55. The summed E-state index contributed by atoms with van der Waals surface area (Å²) in [4.78, 5) is 15.2. The number of pyridine rings is 1. The van der Waals surface area contributed by atoms with Crippen molar-refractivity contribution in [3.05, 3.63) is 27.5 Å². The van der Waals surface area contributed by atoms with Crippen molar-refractivity contribution in [2.24, 2.45) is 0 Å². The number of esters is 1. The van der Waals surface area contributed by atoms with Gasteiger partial charge in [-0.15, -0.1) is 11.6 Å². The minimum absolute atomic E-state index is 0.00388. The Labute approximate surface area is 117 Å². The van der Waals surface area contributed by atoms with E-state index in [9.17, 15) is 13.6 Å². The highest BCUT2D eigenvalue weighted by Crippen LogP contribution is 2.27. The van der Waals surface area contributed by atoms with Crippen LogP contribution >= 0.6 is 27.5 Å². The second-order valence-corrected chi connectivity index (χ2v) is 4.41. The van der Waals surface area contributed by atoms with Gasteiger partial charge in [0.15, 0.2) is 0 Å². The fraction of sp³-hybridized carbons (Fsp3) is 0.455. The van der Waals surface area contributed by atoms with E-state index >= 15 is 0 Å². The average Bonchev–Trinajstić information content (AvgIpc) is 2.29. The van der Waals surface area contributed by atoms with E-state index in [1.54, 1.807) is 6.92 Å². The molecular weight excluding hydrogens is 331 g/mol. The first-order chi connectivity index (χ1) is 8.49. The number of ether oxygens (including phenoxy) is 1. The summed E-state index contributed by atoms with van der Waals surface area (Å²) in [5, 5.41) is 0. The Balaban J connectivity index is 3.09. The number of aromatic nitrogens is 1. The fourth-order valence-electron chi connectivity index (χ4n) is 1.36. The van der Waals surface area contributed by atoms with Crippen LogP contribution in [0.5, 0.6) is 0 Å². The second-order valence-electron chi connectivity index (χ2n) is 3.39. The van der Waals surface area contributed by atoms with Crippen LogP contribution in [0, 0.1) is 0 Å². The zero-order chi connectivity index (χ0) is 13.7. The lowest BCUT2D eigenvalue weighted by Crippen LogP contribution is -2.12. The van der Waals surface area contributed by atoms with Gasteiger partial charge in [0.2, 0.25) is 0 Å². The minimum Gasteiger partial charge on any atom is -0.466 e. The van der Waals surface area contributed by atoms with Gasteiger partial charge in [-0.2, -0.15) is 0 Å². The predicted octanol–water partition coefficient (Wildman–Crippen LogP) is 3.63. The maximum absolute atomic E-state index is 12.9. The third-order valence-electron chi connectivity index (χ3n) is 2.16. The van der Waals surface area contributed by atoms with E-state index in [0.29, 0.717) is 10.2 Å². The number of carbonyl (C=O) groups excluding carboxylic acids is 1. The molecule has 0 N–H and O–H groups in total. The Morgan fingerprint density at radius 2 is 2.28 bits per heavy atom. The molecule has 0 atom stereocenters. The molecule has 0 radical (unpaired) electrons. The van der Waals surface area contributed by atoms with Crippen LogP contribution in [0.1, 0.15) is 30.2 Å². The molecule has 1 aromatic heterocycles. The number of hydrogen-bond donors (Lipinski definition) is 0. The second kappa shape index (κ2) is 6.99. The minimum atomic E-state index is -2.71. The third kappa shape index (κ3) is 3.88. The number of rotatable bonds is 5. The molecule has 18 heavy (non-hydrogen) atoms. The van der Waals surface area contributed by atoms with Gasteiger partial charge < -0.3 is 4.74 Å². The van der Waals surface area contributed by atoms with Crippen LogP contribution in [-0.2, 0) is 21.8 Å². The highest BCUT2D eigenvalue weighted by Gasteiger charge is 2.19. The molecule has 1 aromatic rings. The van der Waals surface area contributed by atoms with Crippen LogP contribution in [0.4, 0.5) is 8.78 Å². The first kappa shape index (κ1) is 15.3. The first-order valence-electron chi connectivity index (χ1n) is 5.17. The molecule has 100 valence electrons. The predicted molar refractivity (Wildman–Crippen MR) is 66.8 cm³/mol. The van der Waals surface area contributed by atoms with Crippen LogP contribution in [0.3, 0.4) is 0 Å². The van der Waals surface area contributed by atoms with Gasteiger partial charge in [-0.3, -0.25) is 4.79 Å². The molecule has 0 saturated heterocycles. The molecule has 0 saturated carbocycles. The molecule has 0 aromatic carbocycles. The van der Waals surface area contributed by atoms with Gasteiger partial charge >= 0.3 is 5.97 Å². The van der Waals surface area contributed by atoms with Crippen molar-refractivity contribution in [3.8, 4) is 0 Å². The third-order valence-corrected chi connectivity index (χ3v) is 3.13. The van der Waals surface area contributed by atoms with Crippen molar-refractivity contribution in [2.75, 3.05) is 6.61 Å². The van der Waals surface area contributed by atoms with E-state index in [2.05, 4.69) is 20.9 Å². The SMILES string of the molecule is CCOC(=O)Cc1nc(Br)c(CCl)cc1C(F)F. The van der Waals surface area contributed by atoms with Gasteiger partial charge in [0.05, 0.1) is 24.6 Å². The largest absolute Gasteiger partial charge is 0.466 e. The summed E-state index contributed by atoms with van der Waals surface area (Å²) in [6.07, 6.45) is -2.99. The van der Waals surface area contributed by atoms with E-state index in [-0.39, 0.29) is 30.2 Å². The van der Waals surface area contributed by atoms with Crippen LogP contribution in [0.2, 0.25) is 0 Å². The monoisotopic (exact) mass is 341 g/mol. The average molecular weight is 343 g/mol. The lowest BCUT2D eigenvalue weighted by atomic mass is 10.1. The molecule has 0 amide bonds. The van der Waals surface area contributed by atoms with Crippen LogP contribution < -0.4 is 0 Å². The number of hydrogen-bond acceptors (Lipinski definition) is 3. The van der Waals surface area contributed by atoms with Gasteiger partial charge in [0.25, 0.3) is 6.43 Å². The van der Waals surface area contributed by atoms with Crippen molar-refractivity contribution in [1.29, 1.82) is 0 Å². The standard InChI is InChI=1S/C11H11BrClF2NO2/c1-2-18-9(17)4-8-7(11(14)15)3-6(5-13)10(12)16-8/h3,11H,2,4-5H2,1H3. The van der Waals surface area contributed by atoms with Crippen molar-refractivity contribution < 1.29 is 18.3 Å². The molecule has 0 aliphatic carbocycles. The van der Waals surface area contributed by atoms with Crippen molar-refractivity contribution in [3.63, 3.8) is 0 Å². The number of alkyl halides is 3. The van der Waals surface area contributed by atoms with Gasteiger partial charge in [-0.25, -0.2) is 13.8 Å². The molecule has 0 fully saturated rings. The number of halogens is 4. The van der Waals surface area contributed by atoms with Gasteiger partial charge in [-0.05, 0) is 28.9 Å². The van der Waals surface area contributed by atoms with E-state index in [4.69, 9.17) is 16.3 Å². The molecular formula is C11H11BrClF2NO2. The Bertz CT molecular complexity index is 443. The Kier molecular flexibility index (Phi) is 5.95. The molecule has 7 heteroatoms. The molecule has 0 aliphatic heterocycles. The topological polar surface area (TPSA) is 39.2 Å². The number of carbonyl (C=O) groups is 1. The fourth-order valence-corrected chi connectivity index (χ4v) is 2.19. The van der Waals surface area contributed by atoms with Crippen LogP contribution in [0.25, 0.3) is 0 Å². The van der Waals surface area contributed by atoms with Crippen molar-refractivity contribution in [2.45, 2.75) is 25.7 Å². The lowest BCUT2D eigenvalue weighted by molar-refractivity contribution is -0.142. The van der Waals surface area contributed by atoms with Gasteiger partial charge in [0, 0.05) is 11.1 Å². The highest BCUT2D eigenvalue weighted by atomic mass is 79.9. The van der Waals surface area contributed by atoms with Gasteiger partial charge in [-0.1, -0.05) is 0 Å². The van der Waals surface area contributed by atoms with E-state index in [1.807, 2.05) is 0 Å². The van der Waals surface area contributed by atoms with E-state index in [0.717, 1.165) is 0 Å². The van der Waals surface area contributed by atoms with Crippen molar-refractivity contribution >= 4 is 33.5 Å².